The first-order valence-electron chi connectivity index (χ1n) is 6.96. The molecule has 21 heavy (non-hydrogen) atoms. The second-order valence-electron chi connectivity index (χ2n) is 5.05. The lowest BCUT2D eigenvalue weighted by Gasteiger charge is -2.15. The van der Waals surface area contributed by atoms with Crippen LogP contribution in [-0.2, 0) is 17.6 Å². The van der Waals surface area contributed by atoms with E-state index < -0.39 is 0 Å². The number of benzene rings is 2. The number of hydrogen-bond donors (Lipinski definition) is 1. The molecule has 2 aromatic carbocycles. The standard InChI is InChI=1S/C18H17NO2/c1-21-17-8-7-14-9-10-19-18(20)12-15(14)16(17)11-13-5-3-2-4-6-13/h2-10H,11-12H2,1H3,(H,19,20). The Bertz CT molecular complexity index is 690. The molecule has 3 nitrogen and oxygen atoms in total. The van der Waals surface area contributed by atoms with Crippen LogP contribution in [0.1, 0.15) is 22.3 Å². The minimum atomic E-state index is 0.00700. The van der Waals surface area contributed by atoms with E-state index in [0.717, 1.165) is 28.9 Å². The number of hydrogen-bond acceptors (Lipinski definition) is 2. The smallest absolute Gasteiger partial charge is 0.228 e. The van der Waals surface area contributed by atoms with E-state index in [1.165, 1.54) is 5.56 Å². The Morgan fingerprint density at radius 2 is 1.95 bits per heavy atom. The van der Waals surface area contributed by atoms with Gasteiger partial charge >= 0.3 is 0 Å². The highest BCUT2D eigenvalue weighted by Gasteiger charge is 2.17. The molecule has 0 bridgehead atoms. The third kappa shape index (κ3) is 2.82. The third-order valence-corrected chi connectivity index (χ3v) is 3.71. The summed E-state index contributed by atoms with van der Waals surface area (Å²) in [5.41, 5.74) is 4.41. The van der Waals surface area contributed by atoms with Crippen LogP contribution in [0.15, 0.2) is 48.7 Å². The topological polar surface area (TPSA) is 38.3 Å². The van der Waals surface area contributed by atoms with Gasteiger partial charge in [0.1, 0.15) is 5.75 Å². The Morgan fingerprint density at radius 3 is 2.71 bits per heavy atom. The van der Waals surface area contributed by atoms with E-state index in [2.05, 4.69) is 17.4 Å². The average molecular weight is 279 g/mol. The van der Waals surface area contributed by atoms with Gasteiger partial charge in [-0.25, -0.2) is 0 Å². The van der Waals surface area contributed by atoms with Crippen LogP contribution >= 0.6 is 0 Å². The van der Waals surface area contributed by atoms with Gasteiger partial charge in [-0.15, -0.1) is 0 Å². The SMILES string of the molecule is COc1ccc2c(c1Cc1ccccc1)CC(=O)NC=C2. The molecular formula is C18H17NO2. The summed E-state index contributed by atoms with van der Waals surface area (Å²) < 4.78 is 5.50. The van der Waals surface area contributed by atoms with Crippen molar-refractivity contribution in [2.75, 3.05) is 7.11 Å². The maximum atomic E-state index is 11.8. The van der Waals surface area contributed by atoms with Crippen molar-refractivity contribution >= 4 is 12.0 Å². The highest BCUT2D eigenvalue weighted by atomic mass is 16.5. The quantitative estimate of drug-likeness (QED) is 0.938. The fourth-order valence-corrected chi connectivity index (χ4v) is 2.68. The fourth-order valence-electron chi connectivity index (χ4n) is 2.68. The van der Waals surface area contributed by atoms with E-state index >= 15 is 0 Å². The molecule has 106 valence electrons. The van der Waals surface area contributed by atoms with Gasteiger partial charge in [0.15, 0.2) is 0 Å². The van der Waals surface area contributed by atoms with Crippen LogP contribution < -0.4 is 10.1 Å². The van der Waals surface area contributed by atoms with Gasteiger partial charge in [-0.05, 0) is 28.8 Å². The number of methoxy groups -OCH3 is 1. The van der Waals surface area contributed by atoms with Crippen molar-refractivity contribution in [2.45, 2.75) is 12.8 Å². The van der Waals surface area contributed by atoms with Crippen LogP contribution in [0.3, 0.4) is 0 Å². The monoisotopic (exact) mass is 279 g/mol. The molecule has 0 radical (unpaired) electrons. The zero-order valence-electron chi connectivity index (χ0n) is 11.9. The molecule has 1 N–H and O–H groups in total. The molecule has 0 fully saturated rings. The maximum Gasteiger partial charge on any atom is 0.228 e. The van der Waals surface area contributed by atoms with Crippen LogP contribution in [-0.4, -0.2) is 13.0 Å². The number of amides is 1. The second-order valence-corrected chi connectivity index (χ2v) is 5.05. The van der Waals surface area contributed by atoms with Crippen LogP contribution in [0.25, 0.3) is 6.08 Å². The van der Waals surface area contributed by atoms with E-state index in [4.69, 9.17) is 4.74 Å². The Morgan fingerprint density at radius 1 is 1.14 bits per heavy atom. The van der Waals surface area contributed by atoms with Gasteiger partial charge in [0.2, 0.25) is 5.91 Å². The van der Waals surface area contributed by atoms with Crippen LogP contribution in [0.4, 0.5) is 0 Å². The minimum absolute atomic E-state index is 0.00700. The Kier molecular flexibility index (Phi) is 3.73. The van der Waals surface area contributed by atoms with E-state index in [-0.39, 0.29) is 5.91 Å². The molecule has 0 saturated heterocycles. The van der Waals surface area contributed by atoms with Gasteiger partial charge in [-0.2, -0.15) is 0 Å². The van der Waals surface area contributed by atoms with Crippen LogP contribution in [0.5, 0.6) is 5.75 Å². The predicted octanol–water partition coefficient (Wildman–Crippen LogP) is 2.93. The first-order chi connectivity index (χ1) is 10.3. The number of fused-ring (bicyclic) bond motifs is 1. The molecule has 0 unspecified atom stereocenters. The summed E-state index contributed by atoms with van der Waals surface area (Å²) in [5, 5.41) is 2.76. The summed E-state index contributed by atoms with van der Waals surface area (Å²) in [6.07, 6.45) is 4.77. The maximum absolute atomic E-state index is 11.8. The van der Waals surface area contributed by atoms with Gasteiger partial charge in [-0.3, -0.25) is 4.79 Å². The normalized spacial score (nSPS) is 13.3. The number of nitrogens with one attached hydrogen (secondary N) is 1. The van der Waals surface area contributed by atoms with Crippen LogP contribution in [0.2, 0.25) is 0 Å². The molecule has 3 rings (SSSR count). The highest BCUT2D eigenvalue weighted by Crippen LogP contribution is 2.30. The first-order valence-corrected chi connectivity index (χ1v) is 6.96. The molecule has 0 atom stereocenters. The lowest BCUT2D eigenvalue weighted by molar-refractivity contribution is -0.119. The lowest BCUT2D eigenvalue weighted by Crippen LogP contribution is -2.18. The fraction of sp³-hybridized carbons (Fsp3) is 0.167. The van der Waals surface area contributed by atoms with Crippen molar-refractivity contribution in [1.82, 2.24) is 5.32 Å². The molecule has 3 heteroatoms. The summed E-state index contributed by atoms with van der Waals surface area (Å²) in [4.78, 5) is 11.8. The zero-order chi connectivity index (χ0) is 14.7. The number of ether oxygens (including phenoxy) is 1. The largest absolute Gasteiger partial charge is 0.496 e. The van der Waals surface area contributed by atoms with Crippen molar-refractivity contribution in [3.63, 3.8) is 0 Å². The molecule has 0 spiro atoms. The third-order valence-electron chi connectivity index (χ3n) is 3.71. The molecule has 0 aliphatic carbocycles. The van der Waals surface area contributed by atoms with Crippen molar-refractivity contribution < 1.29 is 9.53 Å². The molecule has 0 aromatic heterocycles. The van der Waals surface area contributed by atoms with Crippen molar-refractivity contribution in [1.29, 1.82) is 0 Å². The van der Waals surface area contributed by atoms with E-state index in [0.29, 0.717) is 6.42 Å². The van der Waals surface area contributed by atoms with E-state index in [1.54, 1.807) is 13.3 Å². The number of rotatable bonds is 3. The van der Waals surface area contributed by atoms with Crippen molar-refractivity contribution in [3.05, 3.63) is 70.9 Å². The van der Waals surface area contributed by atoms with E-state index in [1.807, 2.05) is 36.4 Å². The van der Waals surface area contributed by atoms with Crippen molar-refractivity contribution in [2.24, 2.45) is 0 Å². The summed E-state index contributed by atoms with van der Waals surface area (Å²) in [7, 11) is 1.67. The molecule has 1 heterocycles. The van der Waals surface area contributed by atoms with Crippen LogP contribution in [0, 0.1) is 0 Å². The predicted molar refractivity (Wildman–Crippen MR) is 83.1 cm³/mol. The van der Waals surface area contributed by atoms with Gasteiger partial charge in [-0.1, -0.05) is 36.4 Å². The molecular weight excluding hydrogens is 262 g/mol. The van der Waals surface area contributed by atoms with Gasteiger partial charge in [0.25, 0.3) is 0 Å². The Balaban J connectivity index is 2.09. The Labute approximate surface area is 124 Å². The molecule has 1 aliphatic rings. The number of carbonyl (C=O) groups is 1. The minimum Gasteiger partial charge on any atom is -0.496 e. The zero-order valence-corrected chi connectivity index (χ0v) is 11.9. The van der Waals surface area contributed by atoms with Crippen molar-refractivity contribution in [3.8, 4) is 5.75 Å². The van der Waals surface area contributed by atoms with E-state index in [9.17, 15) is 4.79 Å². The second kappa shape index (κ2) is 5.83. The van der Waals surface area contributed by atoms with Gasteiger partial charge in [0, 0.05) is 18.2 Å². The molecule has 0 saturated carbocycles. The van der Waals surface area contributed by atoms with Gasteiger partial charge < -0.3 is 10.1 Å². The average Bonchev–Trinajstić information content (AvgIpc) is 2.70. The molecule has 2 aromatic rings. The summed E-state index contributed by atoms with van der Waals surface area (Å²) in [5.74, 6) is 0.841. The summed E-state index contributed by atoms with van der Waals surface area (Å²) in [6, 6.07) is 14.2. The Hall–Kier alpha value is -2.55. The highest BCUT2D eigenvalue weighted by molar-refractivity contribution is 5.84. The van der Waals surface area contributed by atoms with Gasteiger partial charge in [0.05, 0.1) is 13.5 Å². The summed E-state index contributed by atoms with van der Waals surface area (Å²) in [6.45, 7) is 0. The summed E-state index contributed by atoms with van der Waals surface area (Å²) >= 11 is 0. The first kappa shape index (κ1) is 13.4. The number of carbonyl (C=O) groups excluding carboxylic acids is 1. The lowest BCUT2D eigenvalue weighted by atomic mass is 9.93. The molecule has 1 aliphatic heterocycles. The molecule has 1 amide bonds.